The number of rotatable bonds is 2. The molecule has 2 unspecified atom stereocenters. The van der Waals surface area contributed by atoms with Crippen molar-refractivity contribution >= 4 is 17.5 Å². The molecule has 29 heavy (non-hydrogen) atoms. The first-order valence-corrected chi connectivity index (χ1v) is 9.66. The number of carbonyl (C=O) groups is 2. The number of aromatic nitrogens is 2. The number of likely N-dealkylation sites (tertiary alicyclic amines) is 1. The number of nitrogens with zero attached hydrogens (tertiary/aromatic N) is 3. The Bertz CT molecular complexity index is 1110. The third-order valence-electron chi connectivity index (χ3n) is 6.06. The Morgan fingerprint density at radius 2 is 1.97 bits per heavy atom. The second kappa shape index (κ2) is 6.51. The molecule has 2 aliphatic heterocycles. The topological polar surface area (TPSA) is 75.2 Å². The van der Waals surface area contributed by atoms with Gasteiger partial charge in [-0.2, -0.15) is 0 Å². The second-order valence-corrected chi connectivity index (χ2v) is 7.58. The Kier molecular flexibility index (Phi) is 3.94. The van der Waals surface area contributed by atoms with Gasteiger partial charge < -0.3 is 10.2 Å². The number of fused-ring (bicyclic) bond motifs is 2. The first-order valence-electron chi connectivity index (χ1n) is 9.66. The number of aryl methyl sites for hydroxylation is 1. The van der Waals surface area contributed by atoms with Crippen LogP contribution in [0.1, 0.15) is 39.6 Å². The van der Waals surface area contributed by atoms with E-state index in [9.17, 15) is 9.59 Å². The minimum Gasteiger partial charge on any atom is -0.329 e. The number of amides is 2. The van der Waals surface area contributed by atoms with Crippen LogP contribution in [0.3, 0.4) is 0 Å². The van der Waals surface area contributed by atoms with Crippen molar-refractivity contribution in [1.29, 1.82) is 0 Å². The first kappa shape index (κ1) is 17.6. The van der Waals surface area contributed by atoms with Gasteiger partial charge >= 0.3 is 0 Å². The zero-order valence-corrected chi connectivity index (χ0v) is 16.0. The van der Waals surface area contributed by atoms with E-state index in [4.69, 9.17) is 0 Å². The largest absolute Gasteiger partial charge is 0.329 e. The van der Waals surface area contributed by atoms with Crippen LogP contribution in [0.4, 0.5) is 5.69 Å². The highest BCUT2D eigenvalue weighted by Gasteiger charge is 2.59. The minimum absolute atomic E-state index is 0.0689. The van der Waals surface area contributed by atoms with Crippen LogP contribution >= 0.6 is 0 Å². The van der Waals surface area contributed by atoms with Crippen molar-refractivity contribution in [2.45, 2.75) is 24.8 Å². The average molecular weight is 384 g/mol. The molecule has 0 saturated carbocycles. The van der Waals surface area contributed by atoms with Gasteiger partial charge in [0.05, 0.1) is 6.04 Å². The lowest BCUT2D eigenvalue weighted by molar-refractivity contribution is -0.121. The number of pyridine rings is 2. The Morgan fingerprint density at radius 3 is 2.76 bits per heavy atom. The van der Waals surface area contributed by atoms with E-state index in [0.29, 0.717) is 18.7 Å². The number of benzene rings is 1. The van der Waals surface area contributed by atoms with Crippen molar-refractivity contribution in [3.63, 3.8) is 0 Å². The van der Waals surface area contributed by atoms with Crippen molar-refractivity contribution in [3.05, 3.63) is 89.5 Å². The quantitative estimate of drug-likeness (QED) is 0.736. The van der Waals surface area contributed by atoms with Gasteiger partial charge in [0.1, 0.15) is 11.1 Å². The molecule has 1 spiro atoms. The van der Waals surface area contributed by atoms with Gasteiger partial charge in [-0.25, -0.2) is 0 Å². The molecule has 2 aliphatic rings. The minimum atomic E-state index is -0.835. The molecular formula is C23H20N4O2. The van der Waals surface area contributed by atoms with Crippen LogP contribution in [0.15, 0.2) is 67.1 Å². The summed E-state index contributed by atoms with van der Waals surface area (Å²) in [7, 11) is 0. The number of hydrogen-bond acceptors (Lipinski definition) is 4. The Hall–Kier alpha value is -3.54. The van der Waals surface area contributed by atoms with Crippen molar-refractivity contribution < 1.29 is 9.59 Å². The molecule has 2 amide bonds. The zero-order valence-electron chi connectivity index (χ0n) is 16.0. The molecule has 0 radical (unpaired) electrons. The lowest BCUT2D eigenvalue weighted by atomic mass is 9.73. The van der Waals surface area contributed by atoms with Crippen molar-refractivity contribution in [2.75, 3.05) is 11.9 Å². The van der Waals surface area contributed by atoms with Crippen molar-refractivity contribution in [1.82, 2.24) is 14.9 Å². The molecular weight excluding hydrogens is 364 g/mol. The summed E-state index contributed by atoms with van der Waals surface area (Å²) in [6, 6.07) is 14.8. The fourth-order valence-electron chi connectivity index (χ4n) is 4.75. The highest BCUT2D eigenvalue weighted by Crippen LogP contribution is 2.54. The van der Waals surface area contributed by atoms with E-state index < -0.39 is 11.5 Å². The molecule has 1 N–H and O–H groups in total. The van der Waals surface area contributed by atoms with Gasteiger partial charge in [0, 0.05) is 30.8 Å². The monoisotopic (exact) mass is 384 g/mol. The molecule has 1 saturated heterocycles. The van der Waals surface area contributed by atoms with Gasteiger partial charge in [0.25, 0.3) is 5.91 Å². The van der Waals surface area contributed by atoms with Gasteiger partial charge in [-0.05, 0) is 48.2 Å². The Labute approximate surface area is 168 Å². The summed E-state index contributed by atoms with van der Waals surface area (Å²) in [6.07, 6.45) is 5.62. The predicted molar refractivity (Wildman–Crippen MR) is 108 cm³/mol. The summed E-state index contributed by atoms with van der Waals surface area (Å²) in [5, 5.41) is 3.03. The predicted octanol–water partition coefficient (Wildman–Crippen LogP) is 3.26. The fourth-order valence-corrected chi connectivity index (χ4v) is 4.75. The fraction of sp³-hybridized carbons (Fsp3) is 0.217. The average Bonchev–Trinajstić information content (AvgIpc) is 3.28. The van der Waals surface area contributed by atoms with E-state index in [0.717, 1.165) is 22.4 Å². The molecule has 2 aromatic heterocycles. The van der Waals surface area contributed by atoms with Crippen molar-refractivity contribution in [3.8, 4) is 0 Å². The molecule has 4 heterocycles. The van der Waals surface area contributed by atoms with Crippen LogP contribution in [0.5, 0.6) is 0 Å². The van der Waals surface area contributed by atoms with Crippen molar-refractivity contribution in [2.24, 2.45) is 0 Å². The summed E-state index contributed by atoms with van der Waals surface area (Å²) < 4.78 is 0. The maximum Gasteiger partial charge on any atom is 0.273 e. The maximum atomic E-state index is 13.5. The van der Waals surface area contributed by atoms with E-state index in [2.05, 4.69) is 15.3 Å². The molecule has 1 fully saturated rings. The summed E-state index contributed by atoms with van der Waals surface area (Å²) >= 11 is 0. The number of hydrogen-bond donors (Lipinski definition) is 1. The molecule has 6 heteroatoms. The first-order chi connectivity index (χ1) is 14.1. The van der Waals surface area contributed by atoms with Gasteiger partial charge in [0.2, 0.25) is 5.91 Å². The van der Waals surface area contributed by atoms with Crippen LogP contribution in [0.2, 0.25) is 0 Å². The molecule has 0 bridgehead atoms. The van der Waals surface area contributed by atoms with E-state index in [1.807, 2.05) is 55.5 Å². The molecule has 2 atom stereocenters. The van der Waals surface area contributed by atoms with E-state index in [1.165, 1.54) is 0 Å². The number of carbonyl (C=O) groups excluding carboxylic acids is 2. The highest BCUT2D eigenvalue weighted by molar-refractivity contribution is 6.08. The summed E-state index contributed by atoms with van der Waals surface area (Å²) in [5.41, 5.74) is 3.00. The Balaban J connectivity index is 1.68. The number of anilines is 1. The highest BCUT2D eigenvalue weighted by atomic mass is 16.2. The maximum absolute atomic E-state index is 13.5. The SMILES string of the molecule is Cc1cccnc1C(=O)N1CCC2(C(=O)Nc3ccccc32)C1c1cccnc1. The zero-order chi connectivity index (χ0) is 20.0. The number of para-hydroxylation sites is 1. The summed E-state index contributed by atoms with van der Waals surface area (Å²) in [4.78, 5) is 37.2. The second-order valence-electron chi connectivity index (χ2n) is 7.58. The lowest BCUT2D eigenvalue weighted by Crippen LogP contribution is -2.43. The van der Waals surface area contributed by atoms with E-state index >= 15 is 0 Å². The summed E-state index contributed by atoms with van der Waals surface area (Å²) in [5.74, 6) is -0.230. The van der Waals surface area contributed by atoms with Crippen LogP contribution in [0, 0.1) is 6.92 Å². The van der Waals surface area contributed by atoms with Crippen LogP contribution in [-0.4, -0.2) is 33.2 Å². The van der Waals surface area contributed by atoms with E-state index in [-0.39, 0.29) is 11.8 Å². The smallest absolute Gasteiger partial charge is 0.273 e. The molecule has 0 aliphatic carbocycles. The molecule has 3 aromatic rings. The van der Waals surface area contributed by atoms with E-state index in [1.54, 1.807) is 23.5 Å². The van der Waals surface area contributed by atoms with Gasteiger partial charge in [-0.1, -0.05) is 30.3 Å². The van der Waals surface area contributed by atoms with Crippen LogP contribution < -0.4 is 5.32 Å². The number of nitrogens with one attached hydrogen (secondary N) is 1. The Morgan fingerprint density at radius 1 is 1.14 bits per heavy atom. The lowest BCUT2D eigenvalue weighted by Gasteiger charge is -2.34. The van der Waals surface area contributed by atoms with Gasteiger partial charge in [-0.3, -0.25) is 19.6 Å². The third kappa shape index (κ3) is 2.49. The molecule has 144 valence electrons. The van der Waals surface area contributed by atoms with Crippen LogP contribution in [-0.2, 0) is 10.2 Å². The van der Waals surface area contributed by atoms with Crippen LogP contribution in [0.25, 0.3) is 0 Å². The van der Waals surface area contributed by atoms with Gasteiger partial charge in [0.15, 0.2) is 0 Å². The summed E-state index contributed by atoms with van der Waals surface area (Å²) in [6.45, 7) is 2.35. The normalized spacial score (nSPS) is 22.6. The molecule has 6 nitrogen and oxygen atoms in total. The third-order valence-corrected chi connectivity index (χ3v) is 6.06. The van der Waals surface area contributed by atoms with Gasteiger partial charge in [-0.15, -0.1) is 0 Å². The molecule has 5 rings (SSSR count). The standard InChI is InChI=1S/C23H20N4O2/c1-15-6-4-12-25-19(15)21(28)27-13-10-23(20(27)16-7-5-11-24-14-16)17-8-2-3-9-18(17)26-22(23)29/h2-9,11-12,14,20H,10,13H2,1H3,(H,26,29). The molecule has 1 aromatic carbocycles.